The molecule has 0 aliphatic heterocycles. The lowest BCUT2D eigenvalue weighted by Gasteiger charge is -2.23. The second-order valence-corrected chi connectivity index (χ2v) is 5.22. The summed E-state index contributed by atoms with van der Waals surface area (Å²) in [6.07, 6.45) is 2.01. The fourth-order valence-electron chi connectivity index (χ4n) is 1.25. The standard InChI is InChI=1S/C12H27NO2/c1-6-7-10(2)15-9-11(14)8-13-12(3,4)5/h10-11,13-14H,6-9H2,1-5H3. The number of nitrogens with one attached hydrogen (secondary N) is 1. The van der Waals surface area contributed by atoms with Crippen molar-refractivity contribution in [1.29, 1.82) is 0 Å². The average Bonchev–Trinajstić information content (AvgIpc) is 2.11. The van der Waals surface area contributed by atoms with Crippen LogP contribution in [0.1, 0.15) is 47.5 Å². The Morgan fingerprint density at radius 2 is 1.93 bits per heavy atom. The third kappa shape index (κ3) is 10.2. The minimum Gasteiger partial charge on any atom is -0.389 e. The zero-order valence-electron chi connectivity index (χ0n) is 10.8. The van der Waals surface area contributed by atoms with E-state index in [0.717, 1.165) is 12.8 Å². The van der Waals surface area contributed by atoms with Gasteiger partial charge in [-0.2, -0.15) is 0 Å². The molecule has 2 unspecified atom stereocenters. The van der Waals surface area contributed by atoms with Crippen molar-refractivity contribution in [3.8, 4) is 0 Å². The average molecular weight is 217 g/mol. The molecule has 15 heavy (non-hydrogen) atoms. The van der Waals surface area contributed by atoms with Crippen LogP contribution in [0.4, 0.5) is 0 Å². The monoisotopic (exact) mass is 217 g/mol. The molecule has 0 aromatic heterocycles. The molecular formula is C12H27NO2. The summed E-state index contributed by atoms with van der Waals surface area (Å²) < 4.78 is 5.52. The van der Waals surface area contributed by atoms with Crippen molar-refractivity contribution < 1.29 is 9.84 Å². The molecule has 0 fully saturated rings. The Labute approximate surface area is 94.2 Å². The van der Waals surface area contributed by atoms with Crippen molar-refractivity contribution in [1.82, 2.24) is 5.32 Å². The van der Waals surface area contributed by atoms with Crippen LogP contribution in [-0.4, -0.2) is 36.0 Å². The summed E-state index contributed by atoms with van der Waals surface area (Å²) in [4.78, 5) is 0. The molecular weight excluding hydrogens is 190 g/mol. The first-order valence-corrected chi connectivity index (χ1v) is 5.90. The van der Waals surface area contributed by atoms with Gasteiger partial charge in [0.25, 0.3) is 0 Å². The second-order valence-electron chi connectivity index (χ2n) is 5.22. The third-order valence-electron chi connectivity index (χ3n) is 2.14. The largest absolute Gasteiger partial charge is 0.389 e. The molecule has 2 atom stereocenters. The summed E-state index contributed by atoms with van der Waals surface area (Å²) >= 11 is 0. The van der Waals surface area contributed by atoms with Crippen molar-refractivity contribution in [2.24, 2.45) is 0 Å². The van der Waals surface area contributed by atoms with Crippen molar-refractivity contribution in [3.63, 3.8) is 0 Å². The molecule has 0 amide bonds. The Hall–Kier alpha value is -0.120. The first-order chi connectivity index (χ1) is 6.85. The molecule has 0 aliphatic carbocycles. The van der Waals surface area contributed by atoms with Crippen LogP contribution in [0.2, 0.25) is 0 Å². The Morgan fingerprint density at radius 3 is 2.40 bits per heavy atom. The molecule has 0 rings (SSSR count). The molecule has 0 saturated heterocycles. The number of hydrogen-bond donors (Lipinski definition) is 2. The van der Waals surface area contributed by atoms with Crippen LogP contribution in [-0.2, 0) is 4.74 Å². The lowest BCUT2D eigenvalue weighted by molar-refractivity contribution is -0.00603. The van der Waals surface area contributed by atoms with E-state index in [1.54, 1.807) is 0 Å². The van der Waals surface area contributed by atoms with E-state index in [1.807, 2.05) is 6.92 Å². The Kier molecular flexibility index (Phi) is 7.14. The lowest BCUT2D eigenvalue weighted by Crippen LogP contribution is -2.42. The highest BCUT2D eigenvalue weighted by Gasteiger charge is 2.13. The minimum atomic E-state index is -0.413. The first-order valence-electron chi connectivity index (χ1n) is 5.90. The molecule has 3 heteroatoms. The summed E-state index contributed by atoms with van der Waals surface area (Å²) in [5, 5.41) is 12.9. The Balaban J connectivity index is 3.53. The summed E-state index contributed by atoms with van der Waals surface area (Å²) in [7, 11) is 0. The van der Waals surface area contributed by atoms with Gasteiger partial charge in [-0.15, -0.1) is 0 Å². The van der Waals surface area contributed by atoms with E-state index >= 15 is 0 Å². The number of aliphatic hydroxyl groups is 1. The summed E-state index contributed by atoms with van der Waals surface area (Å²) in [5.74, 6) is 0. The van der Waals surface area contributed by atoms with Crippen molar-refractivity contribution in [2.75, 3.05) is 13.2 Å². The number of rotatable bonds is 7. The normalized spacial score (nSPS) is 16.4. The van der Waals surface area contributed by atoms with Crippen molar-refractivity contribution >= 4 is 0 Å². The van der Waals surface area contributed by atoms with E-state index in [-0.39, 0.29) is 11.6 Å². The predicted molar refractivity (Wildman–Crippen MR) is 64.1 cm³/mol. The smallest absolute Gasteiger partial charge is 0.0898 e. The number of ether oxygens (including phenoxy) is 1. The molecule has 3 nitrogen and oxygen atoms in total. The van der Waals surface area contributed by atoms with Crippen LogP contribution in [0.5, 0.6) is 0 Å². The van der Waals surface area contributed by atoms with E-state index in [4.69, 9.17) is 4.74 Å². The van der Waals surface area contributed by atoms with Gasteiger partial charge in [0.2, 0.25) is 0 Å². The van der Waals surface area contributed by atoms with E-state index in [9.17, 15) is 5.11 Å². The molecule has 92 valence electrons. The highest BCUT2D eigenvalue weighted by atomic mass is 16.5. The maximum Gasteiger partial charge on any atom is 0.0898 e. The SMILES string of the molecule is CCCC(C)OCC(O)CNC(C)(C)C. The molecule has 0 aromatic carbocycles. The summed E-state index contributed by atoms with van der Waals surface area (Å²) in [6, 6.07) is 0. The van der Waals surface area contributed by atoms with Gasteiger partial charge in [0.1, 0.15) is 0 Å². The van der Waals surface area contributed by atoms with Gasteiger partial charge >= 0.3 is 0 Å². The van der Waals surface area contributed by atoms with Crippen LogP contribution < -0.4 is 5.32 Å². The summed E-state index contributed by atoms with van der Waals surface area (Å²) in [6.45, 7) is 11.4. The highest BCUT2D eigenvalue weighted by Crippen LogP contribution is 2.02. The topological polar surface area (TPSA) is 41.5 Å². The molecule has 0 saturated carbocycles. The maximum absolute atomic E-state index is 9.64. The van der Waals surface area contributed by atoms with Gasteiger partial charge in [-0.1, -0.05) is 13.3 Å². The summed E-state index contributed by atoms with van der Waals surface area (Å²) in [5.41, 5.74) is 0.0516. The van der Waals surface area contributed by atoms with E-state index in [2.05, 4.69) is 33.0 Å². The maximum atomic E-state index is 9.64. The lowest BCUT2D eigenvalue weighted by atomic mass is 10.1. The quantitative estimate of drug-likeness (QED) is 0.685. The Morgan fingerprint density at radius 1 is 1.33 bits per heavy atom. The zero-order valence-corrected chi connectivity index (χ0v) is 10.8. The fourth-order valence-corrected chi connectivity index (χ4v) is 1.25. The first kappa shape index (κ1) is 14.9. The molecule has 0 heterocycles. The highest BCUT2D eigenvalue weighted by molar-refractivity contribution is 4.72. The number of hydrogen-bond acceptors (Lipinski definition) is 3. The van der Waals surface area contributed by atoms with Gasteiger partial charge in [0.15, 0.2) is 0 Å². The zero-order chi connectivity index (χ0) is 11.9. The van der Waals surface area contributed by atoms with Gasteiger partial charge < -0.3 is 15.2 Å². The van der Waals surface area contributed by atoms with E-state index < -0.39 is 6.10 Å². The molecule has 0 spiro atoms. The molecule has 2 N–H and O–H groups in total. The molecule has 0 aliphatic rings. The molecule has 0 radical (unpaired) electrons. The van der Waals surface area contributed by atoms with E-state index in [1.165, 1.54) is 0 Å². The van der Waals surface area contributed by atoms with Gasteiger partial charge in [0, 0.05) is 12.1 Å². The second kappa shape index (κ2) is 7.20. The third-order valence-corrected chi connectivity index (χ3v) is 2.14. The molecule has 0 bridgehead atoms. The fraction of sp³-hybridized carbons (Fsp3) is 1.00. The van der Waals surface area contributed by atoms with Crippen LogP contribution in [0, 0.1) is 0 Å². The van der Waals surface area contributed by atoms with Gasteiger partial charge in [0.05, 0.1) is 18.8 Å². The van der Waals surface area contributed by atoms with E-state index in [0.29, 0.717) is 13.2 Å². The van der Waals surface area contributed by atoms with Crippen LogP contribution >= 0.6 is 0 Å². The minimum absolute atomic E-state index is 0.0516. The van der Waals surface area contributed by atoms with Crippen LogP contribution in [0.3, 0.4) is 0 Å². The van der Waals surface area contributed by atoms with Crippen LogP contribution in [0.25, 0.3) is 0 Å². The van der Waals surface area contributed by atoms with Gasteiger partial charge in [-0.05, 0) is 34.1 Å². The number of β-amino-alcohol motifs (C(OH)–C–C–N with tert-alkyl or cyclic N) is 1. The number of aliphatic hydroxyl groups excluding tert-OH is 1. The van der Waals surface area contributed by atoms with Crippen molar-refractivity contribution in [3.05, 3.63) is 0 Å². The van der Waals surface area contributed by atoms with Gasteiger partial charge in [-0.3, -0.25) is 0 Å². The van der Waals surface area contributed by atoms with Crippen LogP contribution in [0.15, 0.2) is 0 Å². The predicted octanol–water partition coefficient (Wildman–Crippen LogP) is 1.94. The Bertz CT molecular complexity index is 154. The van der Waals surface area contributed by atoms with Gasteiger partial charge in [-0.25, -0.2) is 0 Å². The van der Waals surface area contributed by atoms with Crippen molar-refractivity contribution in [2.45, 2.75) is 65.2 Å². The molecule has 0 aromatic rings.